The Balaban J connectivity index is 1.96. The lowest BCUT2D eigenvalue weighted by Gasteiger charge is -2.14. The second-order valence-electron chi connectivity index (χ2n) is 6.60. The average molecular weight is 315 g/mol. The predicted octanol–water partition coefficient (Wildman–Crippen LogP) is 4.14. The van der Waals surface area contributed by atoms with Crippen LogP contribution in [0.15, 0.2) is 30.3 Å². The Morgan fingerprint density at radius 2 is 1.96 bits per heavy atom. The third-order valence-electron chi connectivity index (χ3n) is 3.51. The average Bonchev–Trinajstić information content (AvgIpc) is 2.97. The maximum Gasteiger partial charge on any atom is 0.256 e. The largest absolute Gasteiger partial charge is 0.494 e. The highest BCUT2D eigenvalue weighted by atomic mass is 16.5. The zero-order valence-electron chi connectivity index (χ0n) is 14.3. The molecule has 0 aliphatic rings. The number of anilines is 1. The first-order valence-electron chi connectivity index (χ1n) is 8.00. The minimum absolute atomic E-state index is 0.0343. The van der Waals surface area contributed by atoms with Crippen LogP contribution in [0.5, 0.6) is 5.75 Å². The Labute approximate surface area is 137 Å². The quantitative estimate of drug-likeness (QED) is 0.787. The van der Waals surface area contributed by atoms with Crippen LogP contribution in [-0.2, 0) is 5.41 Å². The van der Waals surface area contributed by atoms with Gasteiger partial charge in [0.05, 0.1) is 6.61 Å². The summed E-state index contributed by atoms with van der Waals surface area (Å²) in [6, 6.07) is 9.01. The fraction of sp³-hybridized carbons (Fsp3) is 0.444. The molecule has 0 bridgehead atoms. The van der Waals surface area contributed by atoms with E-state index in [-0.39, 0.29) is 11.3 Å². The second kappa shape index (κ2) is 7.31. The SMILES string of the molecule is CCCCOc1ccc(C(=O)Nc2cc(C(C)(C)C)[nH]n2)cc1. The lowest BCUT2D eigenvalue weighted by molar-refractivity contribution is 0.102. The first-order chi connectivity index (χ1) is 10.9. The highest BCUT2D eigenvalue weighted by molar-refractivity contribution is 6.03. The van der Waals surface area contributed by atoms with Gasteiger partial charge in [0.2, 0.25) is 0 Å². The molecule has 0 saturated carbocycles. The van der Waals surface area contributed by atoms with E-state index in [2.05, 4.69) is 43.2 Å². The third kappa shape index (κ3) is 4.84. The molecule has 23 heavy (non-hydrogen) atoms. The lowest BCUT2D eigenvalue weighted by Crippen LogP contribution is -2.12. The summed E-state index contributed by atoms with van der Waals surface area (Å²) in [5, 5.41) is 9.89. The second-order valence-corrected chi connectivity index (χ2v) is 6.60. The minimum atomic E-state index is -0.183. The maximum atomic E-state index is 12.2. The van der Waals surface area contributed by atoms with Crippen molar-refractivity contribution in [3.8, 4) is 5.75 Å². The lowest BCUT2D eigenvalue weighted by atomic mass is 9.92. The van der Waals surface area contributed by atoms with Crippen molar-refractivity contribution in [1.82, 2.24) is 10.2 Å². The van der Waals surface area contributed by atoms with Crippen molar-refractivity contribution >= 4 is 11.7 Å². The van der Waals surface area contributed by atoms with Crippen LogP contribution in [-0.4, -0.2) is 22.7 Å². The van der Waals surface area contributed by atoms with Crippen LogP contribution in [0.4, 0.5) is 5.82 Å². The molecule has 0 spiro atoms. The van der Waals surface area contributed by atoms with Gasteiger partial charge in [-0.15, -0.1) is 0 Å². The molecular formula is C18H25N3O2. The van der Waals surface area contributed by atoms with Crippen molar-refractivity contribution in [2.24, 2.45) is 0 Å². The van der Waals surface area contributed by atoms with Gasteiger partial charge in [-0.1, -0.05) is 34.1 Å². The summed E-state index contributed by atoms with van der Waals surface area (Å²) in [5.41, 5.74) is 1.52. The van der Waals surface area contributed by atoms with E-state index < -0.39 is 0 Å². The molecule has 1 amide bonds. The summed E-state index contributed by atoms with van der Waals surface area (Å²) < 4.78 is 5.59. The van der Waals surface area contributed by atoms with Crippen LogP contribution in [0.1, 0.15) is 56.6 Å². The Bertz CT molecular complexity index is 639. The van der Waals surface area contributed by atoms with Gasteiger partial charge in [0.25, 0.3) is 5.91 Å². The molecule has 0 radical (unpaired) electrons. The Kier molecular flexibility index (Phi) is 5.42. The van der Waals surface area contributed by atoms with E-state index in [4.69, 9.17) is 4.74 Å². The molecule has 2 rings (SSSR count). The van der Waals surface area contributed by atoms with Gasteiger partial charge in [-0.3, -0.25) is 9.89 Å². The van der Waals surface area contributed by atoms with Crippen LogP contribution in [0.25, 0.3) is 0 Å². The van der Waals surface area contributed by atoms with Crippen LogP contribution < -0.4 is 10.1 Å². The number of H-pyrrole nitrogens is 1. The number of unbranched alkanes of at least 4 members (excludes halogenated alkanes) is 1. The van der Waals surface area contributed by atoms with E-state index in [1.165, 1.54) is 0 Å². The summed E-state index contributed by atoms with van der Waals surface area (Å²) in [6.07, 6.45) is 2.12. The van der Waals surface area contributed by atoms with Gasteiger partial charge in [0.1, 0.15) is 5.75 Å². The van der Waals surface area contributed by atoms with Crippen LogP contribution in [0, 0.1) is 0 Å². The molecule has 0 fully saturated rings. The number of nitrogens with one attached hydrogen (secondary N) is 2. The van der Waals surface area contributed by atoms with E-state index in [9.17, 15) is 4.79 Å². The van der Waals surface area contributed by atoms with E-state index in [0.717, 1.165) is 24.3 Å². The van der Waals surface area contributed by atoms with Crippen molar-refractivity contribution in [1.29, 1.82) is 0 Å². The molecule has 0 aliphatic heterocycles. The summed E-state index contributed by atoms with van der Waals surface area (Å²) >= 11 is 0. The molecule has 124 valence electrons. The van der Waals surface area contributed by atoms with Gasteiger partial charge in [-0.2, -0.15) is 5.10 Å². The standard InChI is InChI=1S/C18H25N3O2/c1-5-6-11-23-14-9-7-13(8-10-14)17(22)19-16-12-15(20-21-16)18(2,3)4/h7-10,12H,5-6,11H2,1-4H3,(H2,19,20,21,22). The zero-order chi connectivity index (χ0) is 16.9. The fourth-order valence-electron chi connectivity index (χ4n) is 2.00. The highest BCUT2D eigenvalue weighted by Gasteiger charge is 2.17. The summed E-state index contributed by atoms with van der Waals surface area (Å²) in [4.78, 5) is 12.2. The normalized spacial score (nSPS) is 11.3. The minimum Gasteiger partial charge on any atom is -0.494 e. The zero-order valence-corrected chi connectivity index (χ0v) is 14.3. The van der Waals surface area contributed by atoms with E-state index >= 15 is 0 Å². The first-order valence-corrected chi connectivity index (χ1v) is 8.00. The Hall–Kier alpha value is -2.30. The summed E-state index contributed by atoms with van der Waals surface area (Å²) in [5.74, 6) is 1.13. The number of aromatic nitrogens is 2. The summed E-state index contributed by atoms with van der Waals surface area (Å²) in [6.45, 7) is 9.08. The first kappa shape index (κ1) is 17.1. The summed E-state index contributed by atoms with van der Waals surface area (Å²) in [7, 11) is 0. The smallest absolute Gasteiger partial charge is 0.256 e. The predicted molar refractivity (Wildman–Crippen MR) is 92.1 cm³/mol. The molecule has 5 nitrogen and oxygen atoms in total. The molecule has 0 atom stereocenters. The van der Waals surface area contributed by atoms with Gasteiger partial charge < -0.3 is 10.1 Å². The Morgan fingerprint density at radius 3 is 2.52 bits per heavy atom. The van der Waals surface area contributed by atoms with Crippen LogP contribution in [0.2, 0.25) is 0 Å². The number of rotatable bonds is 6. The molecular weight excluding hydrogens is 290 g/mol. The molecule has 2 N–H and O–H groups in total. The number of hydrogen-bond donors (Lipinski definition) is 2. The van der Waals surface area contributed by atoms with Gasteiger partial charge in [-0.05, 0) is 30.7 Å². The molecule has 1 aromatic carbocycles. The molecule has 1 heterocycles. The van der Waals surface area contributed by atoms with Gasteiger partial charge >= 0.3 is 0 Å². The number of aromatic amines is 1. The number of carbonyl (C=O) groups excluding carboxylic acids is 1. The van der Waals surface area contributed by atoms with Crippen molar-refractivity contribution in [2.45, 2.75) is 46.0 Å². The topological polar surface area (TPSA) is 67.0 Å². The number of ether oxygens (including phenoxy) is 1. The van der Waals surface area contributed by atoms with Crippen molar-refractivity contribution in [2.75, 3.05) is 11.9 Å². The maximum absolute atomic E-state index is 12.2. The highest BCUT2D eigenvalue weighted by Crippen LogP contribution is 2.22. The van der Waals surface area contributed by atoms with E-state index in [1.54, 1.807) is 12.1 Å². The molecule has 0 aliphatic carbocycles. The van der Waals surface area contributed by atoms with Gasteiger partial charge in [-0.25, -0.2) is 0 Å². The number of hydrogen-bond acceptors (Lipinski definition) is 3. The molecule has 1 aromatic heterocycles. The van der Waals surface area contributed by atoms with E-state index in [1.807, 2.05) is 18.2 Å². The van der Waals surface area contributed by atoms with Crippen molar-refractivity contribution in [3.05, 3.63) is 41.6 Å². The number of nitrogens with zero attached hydrogens (tertiary/aromatic N) is 1. The molecule has 5 heteroatoms. The van der Waals surface area contributed by atoms with E-state index in [0.29, 0.717) is 18.0 Å². The fourth-order valence-corrected chi connectivity index (χ4v) is 2.00. The number of carbonyl (C=O) groups is 1. The van der Waals surface area contributed by atoms with Gasteiger partial charge in [0, 0.05) is 22.7 Å². The van der Waals surface area contributed by atoms with Crippen molar-refractivity contribution < 1.29 is 9.53 Å². The Morgan fingerprint density at radius 1 is 1.26 bits per heavy atom. The van der Waals surface area contributed by atoms with Gasteiger partial charge in [0.15, 0.2) is 5.82 Å². The monoisotopic (exact) mass is 315 g/mol. The van der Waals surface area contributed by atoms with Crippen LogP contribution in [0.3, 0.4) is 0 Å². The number of amides is 1. The molecule has 0 unspecified atom stereocenters. The van der Waals surface area contributed by atoms with Crippen LogP contribution >= 0.6 is 0 Å². The van der Waals surface area contributed by atoms with Crippen molar-refractivity contribution in [3.63, 3.8) is 0 Å². The third-order valence-corrected chi connectivity index (χ3v) is 3.51. The molecule has 2 aromatic rings. The number of benzene rings is 1. The molecule has 0 saturated heterocycles.